The van der Waals surface area contributed by atoms with Gasteiger partial charge in [0.05, 0.1) is 26.0 Å². The van der Waals surface area contributed by atoms with E-state index in [1.54, 1.807) is 36.4 Å². The van der Waals surface area contributed by atoms with E-state index in [0.717, 1.165) is 0 Å². The molecule has 3 N–H and O–H groups in total. The second kappa shape index (κ2) is 8.16. The maximum absolute atomic E-state index is 14.4. The molecule has 0 aliphatic carbocycles. The Morgan fingerprint density at radius 2 is 2.00 bits per heavy atom. The van der Waals surface area contributed by atoms with E-state index in [9.17, 15) is 9.18 Å². The van der Waals surface area contributed by atoms with Gasteiger partial charge in [0, 0.05) is 24.3 Å². The number of morpholine rings is 1. The summed E-state index contributed by atoms with van der Waals surface area (Å²) in [6.45, 7) is 2.12. The van der Waals surface area contributed by atoms with E-state index in [4.69, 9.17) is 15.2 Å². The lowest BCUT2D eigenvalue weighted by Crippen LogP contribution is -2.44. The van der Waals surface area contributed by atoms with Gasteiger partial charge in [-0.3, -0.25) is 9.69 Å². The molecule has 0 spiro atoms. The van der Waals surface area contributed by atoms with Crippen molar-refractivity contribution in [3.8, 4) is 5.75 Å². The number of nitrogens with two attached hydrogens (primary N) is 1. The van der Waals surface area contributed by atoms with Crippen molar-refractivity contribution in [1.82, 2.24) is 4.90 Å². The Kier molecular flexibility index (Phi) is 5.70. The molecule has 1 aliphatic heterocycles. The molecular weight excluding hydrogens is 337 g/mol. The first kappa shape index (κ1) is 18.2. The molecule has 138 valence electrons. The van der Waals surface area contributed by atoms with Crippen molar-refractivity contribution in [2.75, 3.05) is 44.5 Å². The lowest BCUT2D eigenvalue weighted by Gasteiger charge is -2.34. The van der Waals surface area contributed by atoms with Crippen LogP contribution < -0.4 is 15.8 Å². The fraction of sp³-hybridized carbons (Fsp3) is 0.316. The number of methoxy groups -OCH3 is 1. The highest BCUT2D eigenvalue weighted by molar-refractivity contribution is 5.96. The van der Waals surface area contributed by atoms with Crippen LogP contribution in [-0.2, 0) is 9.53 Å². The van der Waals surface area contributed by atoms with Crippen molar-refractivity contribution in [3.63, 3.8) is 0 Å². The van der Waals surface area contributed by atoms with E-state index in [2.05, 4.69) is 5.32 Å². The van der Waals surface area contributed by atoms with Crippen LogP contribution in [-0.4, -0.2) is 44.2 Å². The number of amides is 1. The van der Waals surface area contributed by atoms with Crippen LogP contribution in [0.15, 0.2) is 42.5 Å². The number of nitrogens with one attached hydrogen (secondary N) is 1. The zero-order valence-electron chi connectivity index (χ0n) is 14.6. The normalized spacial score (nSPS) is 16.1. The van der Waals surface area contributed by atoms with E-state index in [0.29, 0.717) is 49.0 Å². The Morgan fingerprint density at radius 3 is 2.65 bits per heavy atom. The Morgan fingerprint density at radius 1 is 1.27 bits per heavy atom. The second-order valence-corrected chi connectivity index (χ2v) is 6.02. The summed E-state index contributed by atoms with van der Waals surface area (Å²) in [5, 5.41) is 2.83. The number of ether oxygens (including phenoxy) is 2. The van der Waals surface area contributed by atoms with Gasteiger partial charge in [-0.2, -0.15) is 0 Å². The van der Waals surface area contributed by atoms with Crippen LogP contribution in [0.25, 0.3) is 0 Å². The van der Waals surface area contributed by atoms with Crippen molar-refractivity contribution in [2.45, 2.75) is 6.04 Å². The van der Waals surface area contributed by atoms with Gasteiger partial charge in [0.25, 0.3) is 0 Å². The van der Waals surface area contributed by atoms with Gasteiger partial charge in [0.15, 0.2) is 0 Å². The van der Waals surface area contributed by atoms with Crippen LogP contribution in [0, 0.1) is 5.82 Å². The van der Waals surface area contributed by atoms with Gasteiger partial charge >= 0.3 is 0 Å². The topological polar surface area (TPSA) is 76.8 Å². The Balaban J connectivity index is 1.87. The summed E-state index contributed by atoms with van der Waals surface area (Å²) < 4.78 is 24.9. The molecule has 1 saturated heterocycles. The predicted octanol–water partition coefficient (Wildman–Crippen LogP) is 2.43. The van der Waals surface area contributed by atoms with Crippen LogP contribution in [0.1, 0.15) is 11.6 Å². The molecule has 1 aliphatic rings. The van der Waals surface area contributed by atoms with Gasteiger partial charge in [-0.1, -0.05) is 18.2 Å². The summed E-state index contributed by atoms with van der Waals surface area (Å²) in [7, 11) is 1.52. The zero-order chi connectivity index (χ0) is 18.5. The first-order valence-electron chi connectivity index (χ1n) is 8.40. The number of hydrogen-bond acceptors (Lipinski definition) is 5. The molecule has 2 aromatic carbocycles. The van der Waals surface area contributed by atoms with Crippen LogP contribution in [0.5, 0.6) is 5.75 Å². The third-order valence-electron chi connectivity index (χ3n) is 4.36. The minimum Gasteiger partial charge on any atom is -0.495 e. The summed E-state index contributed by atoms with van der Waals surface area (Å²) in [6, 6.07) is 10.6. The minimum absolute atomic E-state index is 0.318. The molecule has 3 rings (SSSR count). The average Bonchev–Trinajstić information content (AvgIpc) is 2.65. The lowest BCUT2D eigenvalue weighted by molar-refractivity contribution is -0.123. The highest BCUT2D eigenvalue weighted by Gasteiger charge is 2.31. The standard InChI is InChI=1S/C19H22FN3O3/c1-25-17-7-6-13(12-16(17)21)22-19(24)18(23-8-10-26-11-9-23)14-4-2-3-5-15(14)20/h2-7,12,18H,8-11,21H2,1H3,(H,22,24). The highest BCUT2D eigenvalue weighted by atomic mass is 19.1. The Labute approximate surface area is 151 Å². The maximum Gasteiger partial charge on any atom is 0.246 e. The van der Waals surface area contributed by atoms with Gasteiger partial charge in [0.1, 0.15) is 17.6 Å². The molecule has 6 nitrogen and oxygen atoms in total. The zero-order valence-corrected chi connectivity index (χ0v) is 14.6. The molecular formula is C19H22FN3O3. The molecule has 0 saturated carbocycles. The average molecular weight is 359 g/mol. The Bertz CT molecular complexity index is 778. The number of nitrogen functional groups attached to an aromatic ring is 1. The number of benzene rings is 2. The van der Waals surface area contributed by atoms with E-state index >= 15 is 0 Å². The molecule has 0 aromatic heterocycles. The molecule has 2 aromatic rings. The summed E-state index contributed by atoms with van der Waals surface area (Å²) in [5.74, 6) is -0.197. The van der Waals surface area contributed by atoms with Gasteiger partial charge in [0.2, 0.25) is 5.91 Å². The SMILES string of the molecule is COc1ccc(NC(=O)C(c2ccccc2F)N2CCOCC2)cc1N. The van der Waals surface area contributed by atoms with E-state index in [1.807, 2.05) is 4.90 Å². The van der Waals surface area contributed by atoms with Crippen molar-refractivity contribution in [2.24, 2.45) is 0 Å². The first-order chi connectivity index (χ1) is 12.6. The monoisotopic (exact) mass is 359 g/mol. The molecule has 1 amide bonds. The van der Waals surface area contributed by atoms with Gasteiger partial charge in [-0.25, -0.2) is 4.39 Å². The summed E-state index contributed by atoms with van der Waals surface area (Å²) >= 11 is 0. The maximum atomic E-state index is 14.4. The summed E-state index contributed by atoms with van der Waals surface area (Å²) in [4.78, 5) is 14.9. The third kappa shape index (κ3) is 3.95. The fourth-order valence-corrected chi connectivity index (χ4v) is 3.06. The number of rotatable bonds is 5. The van der Waals surface area contributed by atoms with Crippen molar-refractivity contribution in [3.05, 3.63) is 53.8 Å². The predicted molar refractivity (Wildman–Crippen MR) is 97.6 cm³/mol. The van der Waals surface area contributed by atoms with Crippen molar-refractivity contribution < 1.29 is 18.7 Å². The third-order valence-corrected chi connectivity index (χ3v) is 4.36. The van der Waals surface area contributed by atoms with Crippen LogP contribution in [0.3, 0.4) is 0 Å². The Hall–Kier alpha value is -2.64. The van der Waals surface area contributed by atoms with Crippen LogP contribution >= 0.6 is 0 Å². The molecule has 7 heteroatoms. The minimum atomic E-state index is -0.747. The quantitative estimate of drug-likeness (QED) is 0.802. The van der Waals surface area contributed by atoms with E-state index in [1.165, 1.54) is 13.2 Å². The van der Waals surface area contributed by atoms with Crippen molar-refractivity contribution >= 4 is 17.3 Å². The molecule has 1 atom stereocenters. The van der Waals surface area contributed by atoms with Crippen LogP contribution in [0.4, 0.5) is 15.8 Å². The number of carbonyl (C=O) groups is 1. The number of hydrogen-bond donors (Lipinski definition) is 2. The number of halogens is 1. The largest absolute Gasteiger partial charge is 0.495 e. The van der Waals surface area contributed by atoms with Gasteiger partial charge in [-0.15, -0.1) is 0 Å². The van der Waals surface area contributed by atoms with Crippen LogP contribution in [0.2, 0.25) is 0 Å². The summed E-state index contributed by atoms with van der Waals surface area (Å²) in [5.41, 5.74) is 7.19. The first-order valence-corrected chi connectivity index (χ1v) is 8.40. The molecule has 0 radical (unpaired) electrons. The highest BCUT2D eigenvalue weighted by Crippen LogP contribution is 2.28. The molecule has 1 unspecified atom stereocenters. The molecule has 1 heterocycles. The number of carbonyl (C=O) groups excluding carboxylic acids is 1. The smallest absolute Gasteiger partial charge is 0.246 e. The fourth-order valence-electron chi connectivity index (χ4n) is 3.06. The lowest BCUT2D eigenvalue weighted by atomic mass is 10.0. The van der Waals surface area contributed by atoms with Crippen molar-refractivity contribution in [1.29, 1.82) is 0 Å². The van der Waals surface area contributed by atoms with Gasteiger partial charge < -0.3 is 20.5 Å². The molecule has 0 bridgehead atoms. The molecule has 26 heavy (non-hydrogen) atoms. The number of nitrogens with zero attached hydrogens (tertiary/aromatic N) is 1. The van der Waals surface area contributed by atoms with Gasteiger partial charge in [-0.05, 0) is 24.3 Å². The summed E-state index contributed by atoms with van der Waals surface area (Å²) in [6.07, 6.45) is 0. The molecule has 1 fully saturated rings. The van der Waals surface area contributed by atoms with E-state index in [-0.39, 0.29) is 5.91 Å². The second-order valence-electron chi connectivity index (χ2n) is 6.02. The number of anilines is 2. The van der Waals surface area contributed by atoms with E-state index < -0.39 is 11.9 Å².